The normalized spacial score (nSPS) is 15.7. The molecule has 142 valence electrons. The number of benzene rings is 1. The van der Waals surface area contributed by atoms with Gasteiger partial charge in [-0.25, -0.2) is 0 Å². The van der Waals surface area contributed by atoms with Crippen molar-refractivity contribution >= 4 is 17.9 Å². The van der Waals surface area contributed by atoms with Crippen LogP contribution in [0.5, 0.6) is 11.5 Å². The van der Waals surface area contributed by atoms with E-state index in [0.717, 1.165) is 29.0 Å². The minimum absolute atomic E-state index is 0.0183. The van der Waals surface area contributed by atoms with Crippen LogP contribution in [0.3, 0.4) is 0 Å². The predicted molar refractivity (Wildman–Crippen MR) is 101 cm³/mol. The fraction of sp³-hybridized carbons (Fsp3) is 0.500. The molecule has 1 atom stereocenters. The standard InChI is InChI=1S/C20H28N2O4/c1-6-25-17-11-16-9-14(4)26-18(16)10-15(17)7-8-20(24)22(5)12-19(23)21-13(2)3/h7-8,10-11,13-14H,6,9,12H2,1-5H3,(H,21,23)/b8-7+/t14-/m1/s1. The van der Waals surface area contributed by atoms with Crippen molar-refractivity contribution in [3.63, 3.8) is 0 Å². The van der Waals surface area contributed by atoms with Gasteiger partial charge in [-0.2, -0.15) is 0 Å². The molecular formula is C20H28N2O4. The average Bonchev–Trinajstić information content (AvgIpc) is 2.90. The Morgan fingerprint density at radius 2 is 2.15 bits per heavy atom. The zero-order valence-corrected chi connectivity index (χ0v) is 16.2. The molecule has 0 saturated carbocycles. The summed E-state index contributed by atoms with van der Waals surface area (Å²) in [6.07, 6.45) is 4.15. The number of carbonyl (C=O) groups excluding carboxylic acids is 2. The highest BCUT2D eigenvalue weighted by molar-refractivity contribution is 5.94. The molecule has 1 heterocycles. The van der Waals surface area contributed by atoms with Crippen molar-refractivity contribution in [2.45, 2.75) is 46.3 Å². The smallest absolute Gasteiger partial charge is 0.246 e. The molecule has 1 aliphatic heterocycles. The van der Waals surface area contributed by atoms with Crippen molar-refractivity contribution in [2.75, 3.05) is 20.2 Å². The van der Waals surface area contributed by atoms with E-state index in [-0.39, 0.29) is 30.5 Å². The lowest BCUT2D eigenvalue weighted by molar-refractivity contribution is -0.131. The summed E-state index contributed by atoms with van der Waals surface area (Å²) < 4.78 is 11.5. The van der Waals surface area contributed by atoms with E-state index in [9.17, 15) is 9.59 Å². The van der Waals surface area contributed by atoms with Gasteiger partial charge in [-0.05, 0) is 45.9 Å². The molecule has 1 aromatic rings. The summed E-state index contributed by atoms with van der Waals surface area (Å²) in [7, 11) is 1.60. The van der Waals surface area contributed by atoms with E-state index in [0.29, 0.717) is 6.61 Å². The minimum Gasteiger partial charge on any atom is -0.493 e. The number of hydrogen-bond donors (Lipinski definition) is 1. The number of ether oxygens (including phenoxy) is 2. The van der Waals surface area contributed by atoms with Crippen LogP contribution in [-0.2, 0) is 16.0 Å². The summed E-state index contributed by atoms with van der Waals surface area (Å²) in [4.78, 5) is 25.4. The highest BCUT2D eigenvalue weighted by Gasteiger charge is 2.21. The first-order chi connectivity index (χ1) is 12.3. The highest BCUT2D eigenvalue weighted by atomic mass is 16.5. The maximum atomic E-state index is 12.3. The van der Waals surface area contributed by atoms with E-state index in [2.05, 4.69) is 5.32 Å². The van der Waals surface area contributed by atoms with E-state index >= 15 is 0 Å². The van der Waals surface area contributed by atoms with Crippen LogP contribution < -0.4 is 14.8 Å². The summed E-state index contributed by atoms with van der Waals surface area (Å²) in [5.74, 6) is 1.13. The third-order valence-corrected chi connectivity index (χ3v) is 3.94. The molecule has 26 heavy (non-hydrogen) atoms. The Hall–Kier alpha value is -2.50. The summed E-state index contributed by atoms with van der Waals surface area (Å²) in [5.41, 5.74) is 1.90. The second-order valence-corrected chi connectivity index (χ2v) is 6.81. The van der Waals surface area contributed by atoms with E-state index in [1.165, 1.54) is 11.0 Å². The largest absolute Gasteiger partial charge is 0.493 e. The summed E-state index contributed by atoms with van der Waals surface area (Å²) in [6.45, 7) is 8.27. The van der Waals surface area contributed by atoms with E-state index in [4.69, 9.17) is 9.47 Å². The first-order valence-electron chi connectivity index (χ1n) is 8.99. The number of hydrogen-bond acceptors (Lipinski definition) is 4. The molecule has 1 N–H and O–H groups in total. The molecule has 0 unspecified atom stereocenters. The number of nitrogens with one attached hydrogen (secondary N) is 1. The predicted octanol–water partition coefficient (Wildman–Crippen LogP) is 2.40. The quantitative estimate of drug-likeness (QED) is 0.758. The molecule has 0 spiro atoms. The van der Waals surface area contributed by atoms with E-state index < -0.39 is 0 Å². The third-order valence-electron chi connectivity index (χ3n) is 3.94. The zero-order valence-electron chi connectivity index (χ0n) is 16.2. The second-order valence-electron chi connectivity index (χ2n) is 6.81. The number of nitrogens with zero attached hydrogens (tertiary/aromatic N) is 1. The van der Waals surface area contributed by atoms with Gasteiger partial charge in [0.25, 0.3) is 0 Å². The molecule has 1 aliphatic rings. The fourth-order valence-corrected chi connectivity index (χ4v) is 2.82. The molecule has 0 saturated heterocycles. The van der Waals surface area contributed by atoms with E-state index in [1.54, 1.807) is 13.1 Å². The zero-order chi connectivity index (χ0) is 19.3. The van der Waals surface area contributed by atoms with Gasteiger partial charge in [-0.3, -0.25) is 9.59 Å². The highest BCUT2D eigenvalue weighted by Crippen LogP contribution is 2.35. The molecule has 6 nitrogen and oxygen atoms in total. The number of rotatable bonds is 7. The van der Waals surface area contributed by atoms with Crippen LogP contribution in [0.4, 0.5) is 0 Å². The molecule has 0 aromatic heterocycles. The molecule has 0 fully saturated rings. The van der Waals surface area contributed by atoms with Crippen LogP contribution >= 0.6 is 0 Å². The van der Waals surface area contributed by atoms with Gasteiger partial charge >= 0.3 is 0 Å². The molecule has 0 radical (unpaired) electrons. The van der Waals surface area contributed by atoms with Gasteiger partial charge in [0.05, 0.1) is 13.2 Å². The van der Waals surface area contributed by atoms with Crippen LogP contribution in [0, 0.1) is 0 Å². The number of carbonyl (C=O) groups is 2. The van der Waals surface area contributed by atoms with Gasteiger partial charge in [0.2, 0.25) is 11.8 Å². The van der Waals surface area contributed by atoms with Gasteiger partial charge in [-0.15, -0.1) is 0 Å². The van der Waals surface area contributed by atoms with Crippen molar-refractivity contribution < 1.29 is 19.1 Å². The van der Waals surface area contributed by atoms with Crippen LogP contribution in [0.1, 0.15) is 38.8 Å². The number of likely N-dealkylation sites (N-methyl/N-ethyl adjacent to an activating group) is 1. The number of amides is 2. The summed E-state index contributed by atoms with van der Waals surface area (Å²) >= 11 is 0. The molecule has 0 bridgehead atoms. The van der Waals surface area contributed by atoms with Gasteiger partial charge in [0.15, 0.2) is 0 Å². The maximum absolute atomic E-state index is 12.3. The van der Waals surface area contributed by atoms with Gasteiger partial charge in [-0.1, -0.05) is 0 Å². The average molecular weight is 360 g/mol. The lowest BCUT2D eigenvalue weighted by Gasteiger charge is -2.16. The van der Waals surface area contributed by atoms with Crippen molar-refractivity contribution in [3.8, 4) is 11.5 Å². The fourth-order valence-electron chi connectivity index (χ4n) is 2.82. The van der Waals surface area contributed by atoms with Crippen LogP contribution in [0.15, 0.2) is 18.2 Å². The first-order valence-corrected chi connectivity index (χ1v) is 8.99. The van der Waals surface area contributed by atoms with Gasteiger partial charge < -0.3 is 19.7 Å². The second kappa shape index (κ2) is 8.74. The molecule has 1 aromatic carbocycles. The third kappa shape index (κ3) is 5.25. The summed E-state index contributed by atoms with van der Waals surface area (Å²) in [6, 6.07) is 3.93. The van der Waals surface area contributed by atoms with Crippen molar-refractivity contribution in [3.05, 3.63) is 29.3 Å². The minimum atomic E-state index is -0.249. The molecule has 6 heteroatoms. The monoisotopic (exact) mass is 360 g/mol. The Kier molecular flexibility index (Phi) is 6.66. The Bertz CT molecular complexity index is 697. The van der Waals surface area contributed by atoms with Gasteiger partial charge in [0.1, 0.15) is 17.6 Å². The maximum Gasteiger partial charge on any atom is 0.246 e. The molecule has 2 amide bonds. The van der Waals surface area contributed by atoms with Crippen molar-refractivity contribution in [1.29, 1.82) is 0 Å². The Balaban J connectivity index is 2.10. The molecule has 0 aliphatic carbocycles. The number of fused-ring (bicyclic) bond motifs is 1. The van der Waals surface area contributed by atoms with E-state index in [1.807, 2.05) is 39.8 Å². The molecular weight excluding hydrogens is 332 g/mol. The van der Waals surface area contributed by atoms with Crippen LogP contribution in [0.25, 0.3) is 6.08 Å². The molecule has 2 rings (SSSR count). The van der Waals surface area contributed by atoms with Crippen LogP contribution in [-0.4, -0.2) is 49.1 Å². The van der Waals surface area contributed by atoms with Crippen LogP contribution in [0.2, 0.25) is 0 Å². The first kappa shape index (κ1) is 19.8. The Morgan fingerprint density at radius 3 is 2.81 bits per heavy atom. The van der Waals surface area contributed by atoms with Crippen molar-refractivity contribution in [1.82, 2.24) is 10.2 Å². The SMILES string of the molecule is CCOc1cc2c(cc1/C=C/C(=O)N(C)CC(=O)NC(C)C)O[C@H](C)C2. The Morgan fingerprint density at radius 1 is 1.42 bits per heavy atom. The summed E-state index contributed by atoms with van der Waals surface area (Å²) in [5, 5.41) is 2.77. The van der Waals surface area contributed by atoms with Crippen molar-refractivity contribution in [2.24, 2.45) is 0 Å². The lowest BCUT2D eigenvalue weighted by Crippen LogP contribution is -2.40. The topological polar surface area (TPSA) is 67.9 Å². The lowest BCUT2D eigenvalue weighted by atomic mass is 10.1. The Labute approximate surface area is 155 Å². The van der Waals surface area contributed by atoms with Gasteiger partial charge in [0, 0.05) is 36.7 Å².